The van der Waals surface area contributed by atoms with Crippen LogP contribution in [0.5, 0.6) is 0 Å². The summed E-state index contributed by atoms with van der Waals surface area (Å²) in [7, 11) is 1.62. The number of aryl methyl sites for hydroxylation is 1. The van der Waals surface area contributed by atoms with Gasteiger partial charge in [0.15, 0.2) is 6.61 Å². The van der Waals surface area contributed by atoms with Crippen molar-refractivity contribution in [3.63, 3.8) is 0 Å². The molecule has 0 N–H and O–H groups in total. The summed E-state index contributed by atoms with van der Waals surface area (Å²) in [5.41, 5.74) is 1.33. The van der Waals surface area contributed by atoms with E-state index in [2.05, 4.69) is 5.10 Å². The highest BCUT2D eigenvalue weighted by molar-refractivity contribution is 5.89. The number of carbonyl (C=O) groups excluding carboxylic acids is 2. The number of benzene rings is 2. The lowest BCUT2D eigenvalue weighted by Crippen LogP contribution is -2.32. The lowest BCUT2D eigenvalue weighted by molar-refractivity contribution is -0.133. The highest BCUT2D eigenvalue weighted by Crippen LogP contribution is 2.08. The maximum atomic E-state index is 12.4. The Morgan fingerprint density at radius 3 is 2.31 bits per heavy atom. The van der Waals surface area contributed by atoms with Crippen LogP contribution in [-0.2, 0) is 16.1 Å². The second-order valence-electron chi connectivity index (χ2n) is 6.56. The highest BCUT2D eigenvalue weighted by atomic mass is 16.5. The van der Waals surface area contributed by atoms with E-state index in [1.807, 2.05) is 60.7 Å². The summed E-state index contributed by atoms with van der Waals surface area (Å²) < 4.78 is 6.54. The first-order valence-corrected chi connectivity index (χ1v) is 9.07. The molecule has 1 heterocycles. The van der Waals surface area contributed by atoms with Gasteiger partial charge in [0, 0.05) is 25.4 Å². The molecule has 0 fully saturated rings. The topological polar surface area (TPSA) is 81.5 Å². The van der Waals surface area contributed by atoms with Crippen molar-refractivity contribution in [2.24, 2.45) is 0 Å². The van der Waals surface area contributed by atoms with E-state index in [-0.39, 0.29) is 11.6 Å². The van der Waals surface area contributed by atoms with Crippen molar-refractivity contribution in [1.82, 2.24) is 14.7 Å². The number of carbonyl (C=O) groups is 2. The number of hydrogen-bond acceptors (Lipinski definition) is 5. The van der Waals surface area contributed by atoms with Crippen molar-refractivity contribution in [3.05, 3.63) is 93.9 Å². The number of hydrogen-bond donors (Lipinski definition) is 0. The Kier molecular flexibility index (Phi) is 6.19. The minimum atomic E-state index is -0.929. The Hall–Kier alpha value is -3.74. The Morgan fingerprint density at radius 1 is 1.03 bits per heavy atom. The summed E-state index contributed by atoms with van der Waals surface area (Å²) in [6.45, 7) is 1.64. The van der Waals surface area contributed by atoms with Gasteiger partial charge in [0.2, 0.25) is 11.1 Å². The van der Waals surface area contributed by atoms with Crippen LogP contribution >= 0.6 is 0 Å². The van der Waals surface area contributed by atoms with Crippen molar-refractivity contribution in [2.75, 3.05) is 13.7 Å². The van der Waals surface area contributed by atoms with Crippen molar-refractivity contribution in [2.45, 2.75) is 13.5 Å². The molecule has 7 nitrogen and oxygen atoms in total. The smallest absolute Gasteiger partial charge is 0.363 e. The first kappa shape index (κ1) is 20.0. The molecule has 7 heteroatoms. The molecule has 29 heavy (non-hydrogen) atoms. The van der Waals surface area contributed by atoms with Gasteiger partial charge >= 0.3 is 5.97 Å². The molecular weight excluding hydrogens is 370 g/mol. The fourth-order valence-electron chi connectivity index (χ4n) is 2.77. The van der Waals surface area contributed by atoms with Gasteiger partial charge in [-0.25, -0.2) is 9.48 Å². The number of amides is 1. The standard InChI is InChI=1S/C22H21N3O4/c1-16-13-19(26)21(23-25(16)18-11-7-4-8-12-18)22(28)29-15-20(27)24(2)14-17-9-5-3-6-10-17/h3-13H,14-15H2,1-2H3. The van der Waals surface area contributed by atoms with E-state index in [1.54, 1.807) is 14.0 Å². The van der Waals surface area contributed by atoms with Gasteiger partial charge in [0.1, 0.15) is 0 Å². The first-order valence-electron chi connectivity index (χ1n) is 9.07. The van der Waals surface area contributed by atoms with Crippen molar-refractivity contribution in [1.29, 1.82) is 0 Å². The summed E-state index contributed by atoms with van der Waals surface area (Å²) in [4.78, 5) is 38.3. The maximum Gasteiger partial charge on any atom is 0.363 e. The summed E-state index contributed by atoms with van der Waals surface area (Å²) in [5.74, 6) is -1.31. The van der Waals surface area contributed by atoms with E-state index in [1.165, 1.54) is 15.6 Å². The molecule has 0 atom stereocenters. The zero-order chi connectivity index (χ0) is 20.8. The van der Waals surface area contributed by atoms with Crippen LogP contribution in [0.1, 0.15) is 21.7 Å². The molecule has 0 radical (unpaired) electrons. The SMILES string of the molecule is Cc1cc(=O)c(C(=O)OCC(=O)N(C)Cc2ccccc2)nn1-c1ccccc1. The largest absolute Gasteiger partial charge is 0.451 e. The summed E-state index contributed by atoms with van der Waals surface area (Å²) >= 11 is 0. The normalized spacial score (nSPS) is 10.4. The molecule has 0 saturated carbocycles. The van der Waals surface area contributed by atoms with Crippen LogP contribution in [0.15, 0.2) is 71.5 Å². The Bertz CT molecular complexity index is 1060. The molecule has 1 aromatic heterocycles. The second-order valence-corrected chi connectivity index (χ2v) is 6.56. The molecule has 3 aromatic rings. The molecule has 0 aliphatic heterocycles. The van der Waals surface area contributed by atoms with Gasteiger partial charge in [-0.05, 0) is 24.6 Å². The van der Waals surface area contributed by atoms with Crippen LogP contribution in [-0.4, -0.2) is 40.2 Å². The lowest BCUT2D eigenvalue weighted by Gasteiger charge is -2.17. The third-order valence-electron chi connectivity index (χ3n) is 4.32. The van der Waals surface area contributed by atoms with Gasteiger partial charge in [0.05, 0.1) is 5.69 Å². The molecular formula is C22H21N3O4. The third kappa shape index (κ3) is 4.95. The van der Waals surface area contributed by atoms with E-state index in [4.69, 9.17) is 4.74 Å². The number of esters is 1. The molecule has 0 aliphatic rings. The van der Waals surface area contributed by atoms with Gasteiger partial charge in [-0.15, -0.1) is 0 Å². The maximum absolute atomic E-state index is 12.4. The predicted molar refractivity (Wildman–Crippen MR) is 108 cm³/mol. The third-order valence-corrected chi connectivity index (χ3v) is 4.32. The zero-order valence-electron chi connectivity index (χ0n) is 16.2. The predicted octanol–water partition coefficient (Wildman–Crippen LogP) is 2.36. The fourth-order valence-corrected chi connectivity index (χ4v) is 2.77. The number of nitrogens with zero attached hydrogens (tertiary/aromatic N) is 3. The molecule has 0 unspecified atom stereocenters. The Labute approximate surface area is 168 Å². The van der Waals surface area contributed by atoms with Gasteiger partial charge < -0.3 is 9.64 Å². The number of rotatable bonds is 6. The fraction of sp³-hybridized carbons (Fsp3) is 0.182. The van der Waals surface area contributed by atoms with Crippen LogP contribution in [0.2, 0.25) is 0 Å². The summed E-state index contributed by atoms with van der Waals surface area (Å²) in [6.07, 6.45) is 0. The van der Waals surface area contributed by atoms with E-state index in [9.17, 15) is 14.4 Å². The minimum Gasteiger partial charge on any atom is -0.451 e. The van der Waals surface area contributed by atoms with Crippen molar-refractivity contribution >= 4 is 11.9 Å². The van der Waals surface area contributed by atoms with Gasteiger partial charge in [-0.2, -0.15) is 5.10 Å². The number of para-hydroxylation sites is 1. The molecule has 0 aliphatic carbocycles. The van der Waals surface area contributed by atoms with Crippen LogP contribution in [0, 0.1) is 6.92 Å². The van der Waals surface area contributed by atoms with Crippen LogP contribution in [0.4, 0.5) is 0 Å². The minimum absolute atomic E-state index is 0.363. The molecule has 148 valence electrons. The van der Waals surface area contributed by atoms with E-state index >= 15 is 0 Å². The molecule has 1 amide bonds. The lowest BCUT2D eigenvalue weighted by atomic mass is 10.2. The van der Waals surface area contributed by atoms with Crippen molar-refractivity contribution in [3.8, 4) is 5.69 Å². The van der Waals surface area contributed by atoms with Crippen LogP contribution in [0.3, 0.4) is 0 Å². The van der Waals surface area contributed by atoms with E-state index in [0.29, 0.717) is 17.9 Å². The Balaban J connectivity index is 1.69. The molecule has 2 aromatic carbocycles. The van der Waals surface area contributed by atoms with Crippen LogP contribution < -0.4 is 5.43 Å². The molecule has 3 rings (SSSR count). The monoisotopic (exact) mass is 391 g/mol. The first-order chi connectivity index (χ1) is 14.0. The Morgan fingerprint density at radius 2 is 1.66 bits per heavy atom. The van der Waals surface area contributed by atoms with Crippen molar-refractivity contribution < 1.29 is 14.3 Å². The van der Waals surface area contributed by atoms with E-state index in [0.717, 1.165) is 5.56 Å². The van der Waals surface area contributed by atoms with E-state index < -0.39 is 18.0 Å². The number of aromatic nitrogens is 2. The number of likely N-dealkylation sites (N-methyl/N-ethyl adjacent to an activating group) is 1. The zero-order valence-corrected chi connectivity index (χ0v) is 16.2. The quantitative estimate of drug-likeness (QED) is 0.603. The number of ether oxygens (including phenoxy) is 1. The highest BCUT2D eigenvalue weighted by Gasteiger charge is 2.19. The summed E-state index contributed by atoms with van der Waals surface area (Å²) in [5, 5.41) is 4.14. The molecule has 0 bridgehead atoms. The van der Waals surface area contributed by atoms with Gasteiger partial charge in [-0.3, -0.25) is 9.59 Å². The average Bonchev–Trinajstić information content (AvgIpc) is 2.73. The van der Waals surface area contributed by atoms with Crippen LogP contribution in [0.25, 0.3) is 5.69 Å². The summed E-state index contributed by atoms with van der Waals surface area (Å²) in [6, 6.07) is 19.9. The molecule has 0 saturated heterocycles. The van der Waals surface area contributed by atoms with Gasteiger partial charge in [0.25, 0.3) is 5.91 Å². The second kappa shape index (κ2) is 8.97. The average molecular weight is 391 g/mol. The van der Waals surface area contributed by atoms with Gasteiger partial charge in [-0.1, -0.05) is 48.5 Å². The molecule has 0 spiro atoms.